The van der Waals surface area contributed by atoms with Gasteiger partial charge >= 0.3 is 0 Å². The minimum atomic E-state index is -0.166. The smallest absolute Gasteiger partial charge is 0.101 e. The van der Waals surface area contributed by atoms with E-state index in [-0.39, 0.29) is 5.38 Å². The van der Waals surface area contributed by atoms with E-state index < -0.39 is 0 Å². The highest BCUT2D eigenvalue weighted by Crippen LogP contribution is 2.36. The summed E-state index contributed by atoms with van der Waals surface area (Å²) in [6.45, 7) is 4.00. The predicted molar refractivity (Wildman–Crippen MR) is 82.1 cm³/mol. The van der Waals surface area contributed by atoms with Crippen LogP contribution in [-0.2, 0) is 12.8 Å². The quantitative estimate of drug-likeness (QED) is 0.609. The summed E-state index contributed by atoms with van der Waals surface area (Å²) >= 11 is 12.6. The fourth-order valence-corrected chi connectivity index (χ4v) is 2.95. The average Bonchev–Trinajstić information content (AvgIpc) is 2.59. The molecule has 0 N–H and O–H groups in total. The fourth-order valence-electron chi connectivity index (χ4n) is 2.35. The van der Waals surface area contributed by atoms with Crippen LogP contribution in [0.1, 0.15) is 41.6 Å². The van der Waals surface area contributed by atoms with E-state index in [4.69, 9.17) is 23.2 Å². The third-order valence-electron chi connectivity index (χ3n) is 3.21. The summed E-state index contributed by atoms with van der Waals surface area (Å²) in [6, 6.07) is 9.98. The molecule has 0 fully saturated rings. The Bertz CT molecular complexity index is 566. The lowest BCUT2D eigenvalue weighted by Crippen LogP contribution is -1.99. The van der Waals surface area contributed by atoms with Gasteiger partial charge < -0.3 is 0 Å². The number of hydrogen-bond donors (Lipinski definition) is 0. The van der Waals surface area contributed by atoms with Gasteiger partial charge in [-0.15, -0.1) is 11.6 Å². The highest BCUT2D eigenvalue weighted by atomic mass is 35.5. The van der Waals surface area contributed by atoms with Crippen LogP contribution in [0.2, 0.25) is 5.02 Å². The highest BCUT2D eigenvalue weighted by Gasteiger charge is 2.22. The summed E-state index contributed by atoms with van der Waals surface area (Å²) in [4.78, 5) is 4.42. The molecule has 1 heterocycles. The van der Waals surface area contributed by atoms with Gasteiger partial charge in [-0.05, 0) is 47.7 Å². The SMILES string of the molecule is CC.Clc1ccc2c(c1)CCc1cccnc1C2Cl. The summed E-state index contributed by atoms with van der Waals surface area (Å²) in [5, 5.41) is 0.604. The van der Waals surface area contributed by atoms with Crippen LogP contribution >= 0.6 is 23.2 Å². The molecule has 0 amide bonds. The molecule has 1 aromatic heterocycles. The summed E-state index contributed by atoms with van der Waals surface area (Å²) in [5.74, 6) is 0. The lowest BCUT2D eigenvalue weighted by Gasteiger charge is -2.12. The van der Waals surface area contributed by atoms with E-state index in [1.807, 2.05) is 38.1 Å². The number of pyridine rings is 1. The van der Waals surface area contributed by atoms with Crippen LogP contribution in [0, 0.1) is 0 Å². The molecule has 0 spiro atoms. The zero-order valence-electron chi connectivity index (χ0n) is 11.2. The molecule has 0 aliphatic heterocycles. The first kappa shape index (κ1) is 14.4. The Hall–Kier alpha value is -1.05. The second-order valence-electron chi connectivity index (χ2n) is 4.25. The standard InChI is InChI=1S/C14H11Cl2N.C2H6/c15-11-5-6-12-10(8-11)4-3-9-2-1-7-17-14(9)13(12)16;1-2/h1-2,5-8,13H,3-4H2;1-2H3. The van der Waals surface area contributed by atoms with E-state index >= 15 is 0 Å². The molecule has 0 bridgehead atoms. The van der Waals surface area contributed by atoms with Crippen molar-refractivity contribution < 1.29 is 0 Å². The summed E-state index contributed by atoms with van der Waals surface area (Å²) in [6.07, 6.45) is 3.74. The van der Waals surface area contributed by atoms with Gasteiger partial charge in [-0.3, -0.25) is 4.98 Å². The van der Waals surface area contributed by atoms with Crippen molar-refractivity contribution in [2.75, 3.05) is 0 Å². The van der Waals surface area contributed by atoms with E-state index in [0.29, 0.717) is 0 Å². The molecular formula is C16H17Cl2N. The Kier molecular flexibility index (Phi) is 4.84. The van der Waals surface area contributed by atoms with Crippen molar-refractivity contribution in [1.82, 2.24) is 4.98 Å². The summed E-state index contributed by atoms with van der Waals surface area (Å²) in [7, 11) is 0. The lowest BCUT2D eigenvalue weighted by atomic mass is 10.0. The van der Waals surface area contributed by atoms with Gasteiger partial charge in [0, 0.05) is 11.2 Å². The average molecular weight is 294 g/mol. The van der Waals surface area contributed by atoms with Gasteiger partial charge in [-0.2, -0.15) is 0 Å². The Balaban J connectivity index is 0.000000637. The molecule has 1 unspecified atom stereocenters. The summed E-state index contributed by atoms with van der Waals surface area (Å²) in [5.41, 5.74) is 4.58. The van der Waals surface area contributed by atoms with Crippen LogP contribution in [-0.4, -0.2) is 4.98 Å². The number of nitrogens with zero attached hydrogens (tertiary/aromatic N) is 1. The van der Waals surface area contributed by atoms with E-state index in [0.717, 1.165) is 29.1 Å². The second-order valence-corrected chi connectivity index (χ2v) is 5.13. The first-order chi connectivity index (χ1) is 9.25. The fraction of sp³-hybridized carbons (Fsp3) is 0.312. The maximum Gasteiger partial charge on any atom is 0.101 e. The molecule has 1 aliphatic carbocycles. The van der Waals surface area contributed by atoms with Gasteiger partial charge in [0.25, 0.3) is 0 Å². The van der Waals surface area contributed by atoms with Crippen LogP contribution in [0.4, 0.5) is 0 Å². The zero-order valence-corrected chi connectivity index (χ0v) is 12.7. The Morgan fingerprint density at radius 2 is 1.84 bits per heavy atom. The van der Waals surface area contributed by atoms with Crippen molar-refractivity contribution in [3.05, 3.63) is 63.9 Å². The molecule has 1 aromatic carbocycles. The van der Waals surface area contributed by atoms with Crippen molar-refractivity contribution in [3.63, 3.8) is 0 Å². The Labute approximate surface area is 124 Å². The molecule has 19 heavy (non-hydrogen) atoms. The number of aryl methyl sites for hydroxylation is 2. The van der Waals surface area contributed by atoms with Crippen LogP contribution in [0.3, 0.4) is 0 Å². The van der Waals surface area contributed by atoms with E-state index in [1.54, 1.807) is 6.20 Å². The van der Waals surface area contributed by atoms with Gasteiger partial charge in [-0.25, -0.2) is 0 Å². The van der Waals surface area contributed by atoms with Gasteiger partial charge in [-0.1, -0.05) is 37.6 Å². The maximum absolute atomic E-state index is 6.53. The number of alkyl halides is 1. The molecule has 1 aliphatic rings. The second kappa shape index (κ2) is 6.40. The molecule has 0 radical (unpaired) electrons. The molecule has 0 saturated heterocycles. The van der Waals surface area contributed by atoms with Crippen LogP contribution in [0.15, 0.2) is 36.5 Å². The third-order valence-corrected chi connectivity index (χ3v) is 3.88. The number of halogens is 2. The minimum absolute atomic E-state index is 0.166. The molecule has 100 valence electrons. The monoisotopic (exact) mass is 293 g/mol. The Morgan fingerprint density at radius 3 is 2.63 bits per heavy atom. The number of benzene rings is 1. The van der Waals surface area contributed by atoms with Crippen molar-refractivity contribution in [2.24, 2.45) is 0 Å². The van der Waals surface area contributed by atoms with E-state index in [9.17, 15) is 0 Å². The van der Waals surface area contributed by atoms with Gasteiger partial charge in [0.2, 0.25) is 0 Å². The highest BCUT2D eigenvalue weighted by molar-refractivity contribution is 6.30. The normalized spacial score (nSPS) is 16.5. The van der Waals surface area contributed by atoms with Crippen molar-refractivity contribution in [2.45, 2.75) is 32.1 Å². The molecule has 3 heteroatoms. The maximum atomic E-state index is 6.53. The number of hydrogen-bond acceptors (Lipinski definition) is 1. The van der Waals surface area contributed by atoms with Crippen LogP contribution in [0.5, 0.6) is 0 Å². The van der Waals surface area contributed by atoms with Gasteiger partial charge in [0.15, 0.2) is 0 Å². The van der Waals surface area contributed by atoms with Crippen LogP contribution in [0.25, 0.3) is 0 Å². The molecule has 1 atom stereocenters. The zero-order chi connectivity index (χ0) is 13.8. The first-order valence-electron chi connectivity index (χ1n) is 6.62. The topological polar surface area (TPSA) is 12.9 Å². The number of aromatic nitrogens is 1. The first-order valence-corrected chi connectivity index (χ1v) is 7.43. The molecule has 0 saturated carbocycles. The molecule has 2 aromatic rings. The van der Waals surface area contributed by atoms with Gasteiger partial charge in [0.1, 0.15) is 5.38 Å². The van der Waals surface area contributed by atoms with Gasteiger partial charge in [0.05, 0.1) is 5.69 Å². The predicted octanol–water partition coefficient (Wildman–Crippen LogP) is 5.19. The molecule has 1 nitrogen and oxygen atoms in total. The van der Waals surface area contributed by atoms with Crippen molar-refractivity contribution in [1.29, 1.82) is 0 Å². The number of rotatable bonds is 0. The van der Waals surface area contributed by atoms with Crippen molar-refractivity contribution >= 4 is 23.2 Å². The largest absolute Gasteiger partial charge is 0.259 e. The van der Waals surface area contributed by atoms with Crippen molar-refractivity contribution in [3.8, 4) is 0 Å². The molecular weight excluding hydrogens is 277 g/mol. The van der Waals surface area contributed by atoms with E-state index in [2.05, 4.69) is 11.1 Å². The Morgan fingerprint density at radius 1 is 1.11 bits per heavy atom. The third kappa shape index (κ3) is 2.93. The lowest BCUT2D eigenvalue weighted by molar-refractivity contribution is 0.950. The van der Waals surface area contributed by atoms with Crippen LogP contribution < -0.4 is 0 Å². The molecule has 3 rings (SSSR count). The minimum Gasteiger partial charge on any atom is -0.259 e. The number of fused-ring (bicyclic) bond motifs is 2. The van der Waals surface area contributed by atoms with E-state index in [1.165, 1.54) is 11.1 Å². The summed E-state index contributed by atoms with van der Waals surface area (Å²) < 4.78 is 0.